The molecule has 0 aliphatic rings. The van der Waals surface area contributed by atoms with Crippen molar-refractivity contribution in [1.29, 1.82) is 0 Å². The van der Waals surface area contributed by atoms with E-state index in [2.05, 4.69) is 5.32 Å². The Hall–Kier alpha value is -2.28. The SMILES string of the molecule is CCOc1cccc(N)c1C(=O)NCC(O)C(N)=O. The van der Waals surface area contributed by atoms with Gasteiger partial charge < -0.3 is 26.6 Å². The van der Waals surface area contributed by atoms with E-state index in [0.717, 1.165) is 0 Å². The van der Waals surface area contributed by atoms with Crippen molar-refractivity contribution in [3.63, 3.8) is 0 Å². The van der Waals surface area contributed by atoms with Crippen LogP contribution in [0.25, 0.3) is 0 Å². The summed E-state index contributed by atoms with van der Waals surface area (Å²) in [6.45, 7) is 1.88. The predicted octanol–water partition coefficient (Wildman–Crippen LogP) is -0.756. The summed E-state index contributed by atoms with van der Waals surface area (Å²) in [7, 11) is 0. The zero-order valence-electron chi connectivity index (χ0n) is 10.6. The van der Waals surface area contributed by atoms with Crippen LogP contribution in [-0.4, -0.2) is 36.2 Å². The van der Waals surface area contributed by atoms with Crippen molar-refractivity contribution in [2.24, 2.45) is 5.73 Å². The maximum Gasteiger partial charge on any atom is 0.257 e. The number of amides is 2. The van der Waals surface area contributed by atoms with Gasteiger partial charge in [-0.3, -0.25) is 9.59 Å². The minimum Gasteiger partial charge on any atom is -0.493 e. The lowest BCUT2D eigenvalue weighted by Gasteiger charge is -2.13. The Balaban J connectivity index is 2.84. The first-order valence-corrected chi connectivity index (χ1v) is 5.74. The quantitative estimate of drug-likeness (QED) is 0.504. The van der Waals surface area contributed by atoms with Crippen LogP contribution in [0.2, 0.25) is 0 Å². The van der Waals surface area contributed by atoms with Crippen molar-refractivity contribution in [2.45, 2.75) is 13.0 Å². The third kappa shape index (κ3) is 3.85. The molecule has 104 valence electrons. The number of hydrogen-bond acceptors (Lipinski definition) is 5. The molecule has 0 fully saturated rings. The van der Waals surface area contributed by atoms with E-state index in [9.17, 15) is 14.7 Å². The number of hydrogen-bond donors (Lipinski definition) is 4. The molecule has 7 heteroatoms. The molecule has 1 rings (SSSR count). The molecular formula is C12H17N3O4. The Morgan fingerprint density at radius 2 is 2.16 bits per heavy atom. The van der Waals surface area contributed by atoms with Gasteiger partial charge in [-0.15, -0.1) is 0 Å². The number of carbonyl (C=O) groups is 2. The van der Waals surface area contributed by atoms with Crippen LogP contribution in [0.4, 0.5) is 5.69 Å². The van der Waals surface area contributed by atoms with Gasteiger partial charge in [0, 0.05) is 5.69 Å². The Morgan fingerprint density at radius 1 is 1.47 bits per heavy atom. The molecule has 6 N–H and O–H groups in total. The minimum atomic E-state index is -1.44. The monoisotopic (exact) mass is 267 g/mol. The van der Waals surface area contributed by atoms with E-state index in [-0.39, 0.29) is 17.8 Å². The number of anilines is 1. The van der Waals surface area contributed by atoms with E-state index in [4.69, 9.17) is 16.2 Å². The van der Waals surface area contributed by atoms with Crippen molar-refractivity contribution >= 4 is 17.5 Å². The van der Waals surface area contributed by atoms with E-state index in [1.165, 1.54) is 0 Å². The second-order valence-corrected chi connectivity index (χ2v) is 3.78. The number of nitrogen functional groups attached to an aromatic ring is 1. The average Bonchev–Trinajstić information content (AvgIpc) is 2.36. The Kier molecular flexibility index (Phi) is 5.13. The molecule has 0 saturated heterocycles. The highest BCUT2D eigenvalue weighted by atomic mass is 16.5. The van der Waals surface area contributed by atoms with Crippen molar-refractivity contribution in [3.8, 4) is 5.75 Å². The first kappa shape index (κ1) is 14.8. The fourth-order valence-electron chi connectivity index (χ4n) is 1.45. The summed E-state index contributed by atoms with van der Waals surface area (Å²) in [6, 6.07) is 4.83. The van der Waals surface area contributed by atoms with Gasteiger partial charge in [-0.1, -0.05) is 6.07 Å². The lowest BCUT2D eigenvalue weighted by Crippen LogP contribution is -2.40. The molecule has 7 nitrogen and oxygen atoms in total. The predicted molar refractivity (Wildman–Crippen MR) is 69.6 cm³/mol. The summed E-state index contributed by atoms with van der Waals surface area (Å²) in [4.78, 5) is 22.6. The van der Waals surface area contributed by atoms with Crippen LogP contribution < -0.4 is 21.5 Å². The third-order valence-corrected chi connectivity index (χ3v) is 2.37. The highest BCUT2D eigenvalue weighted by Crippen LogP contribution is 2.24. The van der Waals surface area contributed by atoms with Crippen molar-refractivity contribution in [3.05, 3.63) is 23.8 Å². The first-order chi connectivity index (χ1) is 8.97. The first-order valence-electron chi connectivity index (χ1n) is 5.74. The number of aliphatic hydroxyl groups excluding tert-OH is 1. The van der Waals surface area contributed by atoms with Gasteiger partial charge in [0.25, 0.3) is 5.91 Å². The Bertz CT molecular complexity index is 476. The molecule has 0 aliphatic heterocycles. The maximum absolute atomic E-state index is 12.0. The zero-order chi connectivity index (χ0) is 14.4. The van der Waals surface area contributed by atoms with Crippen molar-refractivity contribution < 1.29 is 19.4 Å². The summed E-state index contributed by atoms with van der Waals surface area (Å²) < 4.78 is 5.30. The van der Waals surface area contributed by atoms with Gasteiger partial charge in [-0.2, -0.15) is 0 Å². The van der Waals surface area contributed by atoms with Gasteiger partial charge >= 0.3 is 0 Å². The van der Waals surface area contributed by atoms with E-state index < -0.39 is 17.9 Å². The molecule has 0 radical (unpaired) electrons. The second-order valence-electron chi connectivity index (χ2n) is 3.78. The molecule has 0 heterocycles. The molecule has 1 atom stereocenters. The molecule has 0 aliphatic carbocycles. The van der Waals surface area contributed by atoms with Crippen LogP contribution in [-0.2, 0) is 4.79 Å². The second kappa shape index (κ2) is 6.60. The number of nitrogens with one attached hydrogen (secondary N) is 1. The molecule has 0 spiro atoms. The standard InChI is InChI=1S/C12H17N3O4/c1-2-19-9-5-3-4-7(13)10(9)12(18)15-6-8(16)11(14)17/h3-5,8,16H,2,6,13H2,1H3,(H2,14,17)(H,15,18). The van der Waals surface area contributed by atoms with Crippen LogP contribution in [0.3, 0.4) is 0 Å². The highest BCUT2D eigenvalue weighted by Gasteiger charge is 2.18. The molecule has 1 aromatic carbocycles. The smallest absolute Gasteiger partial charge is 0.257 e. The highest BCUT2D eigenvalue weighted by molar-refractivity contribution is 6.02. The summed E-state index contributed by atoms with van der Waals surface area (Å²) in [6.07, 6.45) is -1.44. The van der Waals surface area contributed by atoms with Crippen LogP contribution in [0.15, 0.2) is 18.2 Å². The summed E-state index contributed by atoms with van der Waals surface area (Å²) in [5, 5.41) is 11.6. The molecule has 0 saturated carbocycles. The average molecular weight is 267 g/mol. The number of nitrogens with two attached hydrogens (primary N) is 2. The number of primary amides is 1. The van der Waals surface area contributed by atoms with Crippen LogP contribution in [0, 0.1) is 0 Å². The Morgan fingerprint density at radius 3 is 2.74 bits per heavy atom. The lowest BCUT2D eigenvalue weighted by molar-refractivity contribution is -0.125. The van der Waals surface area contributed by atoms with Gasteiger partial charge in [0.05, 0.1) is 13.2 Å². The largest absolute Gasteiger partial charge is 0.493 e. The number of carbonyl (C=O) groups excluding carboxylic acids is 2. The molecule has 1 unspecified atom stereocenters. The van der Waals surface area contributed by atoms with Crippen molar-refractivity contribution in [2.75, 3.05) is 18.9 Å². The normalized spacial score (nSPS) is 11.7. The van der Waals surface area contributed by atoms with Gasteiger partial charge in [0.15, 0.2) is 0 Å². The number of ether oxygens (including phenoxy) is 1. The maximum atomic E-state index is 12.0. The topological polar surface area (TPSA) is 128 Å². The number of benzene rings is 1. The van der Waals surface area contributed by atoms with Gasteiger partial charge in [0.1, 0.15) is 17.4 Å². The van der Waals surface area contributed by atoms with Gasteiger partial charge in [-0.25, -0.2) is 0 Å². The fraction of sp³-hybridized carbons (Fsp3) is 0.333. The molecule has 19 heavy (non-hydrogen) atoms. The van der Waals surface area contributed by atoms with Crippen LogP contribution in [0.1, 0.15) is 17.3 Å². The van der Waals surface area contributed by atoms with E-state index in [1.807, 2.05) is 0 Å². The molecule has 0 aromatic heterocycles. The fourth-order valence-corrected chi connectivity index (χ4v) is 1.45. The van der Waals surface area contributed by atoms with E-state index >= 15 is 0 Å². The molecule has 2 amide bonds. The number of aliphatic hydroxyl groups is 1. The van der Waals surface area contributed by atoms with Gasteiger partial charge in [-0.05, 0) is 19.1 Å². The van der Waals surface area contributed by atoms with Crippen LogP contribution in [0.5, 0.6) is 5.75 Å². The third-order valence-electron chi connectivity index (χ3n) is 2.37. The Labute approximate surface area is 110 Å². The van der Waals surface area contributed by atoms with E-state index in [0.29, 0.717) is 12.4 Å². The lowest BCUT2D eigenvalue weighted by atomic mass is 10.1. The molecular weight excluding hydrogens is 250 g/mol. The minimum absolute atomic E-state index is 0.168. The molecule has 1 aromatic rings. The molecule has 0 bridgehead atoms. The summed E-state index contributed by atoms with van der Waals surface area (Å²) >= 11 is 0. The van der Waals surface area contributed by atoms with Crippen molar-refractivity contribution in [1.82, 2.24) is 5.32 Å². The van der Waals surface area contributed by atoms with Gasteiger partial charge in [0.2, 0.25) is 5.91 Å². The number of rotatable bonds is 6. The van der Waals surface area contributed by atoms with Crippen LogP contribution >= 0.6 is 0 Å². The zero-order valence-corrected chi connectivity index (χ0v) is 10.6. The summed E-state index contributed by atoms with van der Waals surface area (Å²) in [5.74, 6) is -1.11. The summed E-state index contributed by atoms with van der Waals surface area (Å²) in [5.41, 5.74) is 11.0. The van der Waals surface area contributed by atoms with E-state index in [1.54, 1.807) is 25.1 Å².